The highest BCUT2D eigenvalue weighted by molar-refractivity contribution is 9.10. The van der Waals surface area contributed by atoms with Crippen LogP contribution in [-0.2, 0) is 6.54 Å². The van der Waals surface area contributed by atoms with Crippen LogP contribution in [0.4, 0.5) is 0 Å². The van der Waals surface area contributed by atoms with Crippen LogP contribution < -0.4 is 9.47 Å². The van der Waals surface area contributed by atoms with Crippen LogP contribution in [0.3, 0.4) is 0 Å². The zero-order valence-corrected chi connectivity index (χ0v) is 15.4. The average Bonchev–Trinajstić information content (AvgIpc) is 3.09. The maximum absolute atomic E-state index is 10.2. The molecule has 0 aliphatic rings. The molecule has 5 nitrogen and oxygen atoms in total. The Bertz CT molecular complexity index is 800. The Morgan fingerprint density at radius 1 is 1.08 bits per heavy atom. The van der Waals surface area contributed by atoms with Gasteiger partial charge in [0.1, 0.15) is 24.2 Å². The number of nitrogens with zero attached hydrogens (tertiary/aromatic N) is 2. The molecule has 0 saturated carbocycles. The number of hydrogen-bond acceptors (Lipinski definition) is 4. The Hall–Kier alpha value is -2.31. The maximum Gasteiger partial charge on any atom is 0.119 e. The van der Waals surface area contributed by atoms with Gasteiger partial charge in [-0.25, -0.2) is 4.98 Å². The molecule has 0 bridgehead atoms. The minimum absolute atomic E-state index is 0.206. The van der Waals surface area contributed by atoms with E-state index in [1.165, 1.54) is 0 Å². The molecule has 0 aliphatic heterocycles. The first-order chi connectivity index (χ1) is 12.1. The van der Waals surface area contributed by atoms with Gasteiger partial charge >= 0.3 is 0 Å². The van der Waals surface area contributed by atoms with Crippen molar-refractivity contribution in [3.8, 4) is 22.8 Å². The molecule has 0 fully saturated rings. The van der Waals surface area contributed by atoms with E-state index in [0.29, 0.717) is 12.3 Å². The smallest absolute Gasteiger partial charge is 0.119 e. The van der Waals surface area contributed by atoms with Crippen molar-refractivity contribution in [2.24, 2.45) is 0 Å². The number of imidazole rings is 1. The fraction of sp³-hybridized carbons (Fsp3) is 0.211. The summed E-state index contributed by atoms with van der Waals surface area (Å²) in [5.41, 5.74) is 1.90. The predicted molar refractivity (Wildman–Crippen MR) is 99.9 cm³/mol. The maximum atomic E-state index is 10.2. The van der Waals surface area contributed by atoms with Crippen LogP contribution in [0.2, 0.25) is 0 Å². The van der Waals surface area contributed by atoms with E-state index in [4.69, 9.17) is 9.47 Å². The minimum atomic E-state index is -0.630. The van der Waals surface area contributed by atoms with Gasteiger partial charge in [-0.1, -0.05) is 28.1 Å². The molecule has 25 heavy (non-hydrogen) atoms. The van der Waals surface area contributed by atoms with Gasteiger partial charge < -0.3 is 19.1 Å². The van der Waals surface area contributed by atoms with E-state index in [1.54, 1.807) is 13.4 Å². The van der Waals surface area contributed by atoms with E-state index in [0.717, 1.165) is 21.5 Å². The number of halogens is 1. The number of aliphatic hydroxyl groups is 1. The molecule has 1 aromatic heterocycles. The minimum Gasteiger partial charge on any atom is -0.497 e. The van der Waals surface area contributed by atoms with Crippen LogP contribution in [0.15, 0.2) is 65.5 Å². The third kappa shape index (κ3) is 4.84. The number of methoxy groups -OCH3 is 1. The number of benzene rings is 2. The molecule has 6 heteroatoms. The predicted octanol–water partition coefficient (Wildman–Crippen LogP) is 3.76. The Morgan fingerprint density at radius 2 is 1.76 bits per heavy atom. The molecule has 1 atom stereocenters. The summed E-state index contributed by atoms with van der Waals surface area (Å²) in [6, 6.07) is 15.2. The molecule has 0 unspecified atom stereocenters. The van der Waals surface area contributed by atoms with Crippen LogP contribution in [0.25, 0.3) is 11.3 Å². The number of rotatable bonds is 7. The summed E-state index contributed by atoms with van der Waals surface area (Å²) in [6.45, 7) is 0.623. The Morgan fingerprint density at radius 3 is 2.44 bits per heavy atom. The molecule has 1 heterocycles. The lowest BCUT2D eigenvalue weighted by Crippen LogP contribution is -2.22. The van der Waals surface area contributed by atoms with Crippen LogP contribution in [-0.4, -0.2) is 34.5 Å². The number of ether oxygens (including phenoxy) is 2. The highest BCUT2D eigenvalue weighted by atomic mass is 79.9. The largest absolute Gasteiger partial charge is 0.497 e. The third-order valence-corrected chi connectivity index (χ3v) is 4.23. The van der Waals surface area contributed by atoms with Gasteiger partial charge in [0.05, 0.1) is 25.7 Å². The molecule has 0 saturated heterocycles. The molecular weight excluding hydrogens is 384 g/mol. The number of aliphatic hydroxyl groups excluding tert-OH is 1. The second kappa shape index (κ2) is 8.18. The highest BCUT2D eigenvalue weighted by Gasteiger charge is 2.09. The first-order valence-electron chi connectivity index (χ1n) is 7.86. The van der Waals surface area contributed by atoms with Crippen molar-refractivity contribution in [3.63, 3.8) is 0 Å². The quantitative estimate of drug-likeness (QED) is 0.653. The Labute approximate surface area is 155 Å². The first-order valence-corrected chi connectivity index (χ1v) is 8.66. The first kappa shape index (κ1) is 17.5. The van der Waals surface area contributed by atoms with Gasteiger partial charge in [-0.2, -0.15) is 0 Å². The van der Waals surface area contributed by atoms with Crippen molar-refractivity contribution in [2.45, 2.75) is 12.6 Å². The van der Waals surface area contributed by atoms with Gasteiger partial charge in [0.25, 0.3) is 0 Å². The van der Waals surface area contributed by atoms with Crippen LogP contribution in [0.5, 0.6) is 11.5 Å². The lowest BCUT2D eigenvalue weighted by molar-refractivity contribution is 0.0924. The fourth-order valence-corrected chi connectivity index (χ4v) is 2.65. The summed E-state index contributed by atoms with van der Waals surface area (Å²) in [5.74, 6) is 1.47. The van der Waals surface area contributed by atoms with Crippen molar-refractivity contribution >= 4 is 15.9 Å². The van der Waals surface area contributed by atoms with E-state index in [1.807, 2.05) is 59.3 Å². The second-order valence-corrected chi connectivity index (χ2v) is 6.52. The van der Waals surface area contributed by atoms with Gasteiger partial charge in [0.2, 0.25) is 0 Å². The number of hydrogen-bond donors (Lipinski definition) is 1. The second-order valence-electron chi connectivity index (χ2n) is 5.60. The van der Waals surface area contributed by atoms with E-state index < -0.39 is 6.10 Å². The van der Waals surface area contributed by atoms with E-state index in [-0.39, 0.29) is 6.61 Å². The van der Waals surface area contributed by atoms with Crippen LogP contribution in [0.1, 0.15) is 0 Å². The fourth-order valence-electron chi connectivity index (χ4n) is 2.39. The zero-order valence-electron chi connectivity index (χ0n) is 13.8. The van der Waals surface area contributed by atoms with Crippen molar-refractivity contribution in [3.05, 3.63) is 65.5 Å². The third-order valence-electron chi connectivity index (χ3n) is 3.70. The zero-order chi connectivity index (χ0) is 17.6. The molecule has 0 spiro atoms. The van der Waals surface area contributed by atoms with Gasteiger partial charge in [-0.3, -0.25) is 0 Å². The molecule has 0 radical (unpaired) electrons. The van der Waals surface area contributed by atoms with E-state index in [2.05, 4.69) is 20.9 Å². The summed E-state index contributed by atoms with van der Waals surface area (Å²) in [5, 5.41) is 10.2. The van der Waals surface area contributed by atoms with Gasteiger partial charge in [-0.05, 0) is 36.4 Å². The topological polar surface area (TPSA) is 56.5 Å². The molecule has 3 aromatic rings. The Balaban J connectivity index is 1.54. The monoisotopic (exact) mass is 402 g/mol. The molecular formula is C19H19BrN2O3. The van der Waals surface area contributed by atoms with Crippen molar-refractivity contribution in [1.29, 1.82) is 0 Å². The summed E-state index contributed by atoms with van der Waals surface area (Å²) in [6.07, 6.45) is 3.00. The molecule has 0 amide bonds. The molecule has 130 valence electrons. The Kier molecular flexibility index (Phi) is 5.73. The standard InChI is InChI=1S/C19H19BrN2O3/c1-24-17-6-8-18(9-7-17)25-12-16(23)10-22-11-19(21-13-22)14-2-4-15(20)5-3-14/h2-9,11,13,16,23H,10,12H2,1H3/t16-/m1/s1. The average molecular weight is 403 g/mol. The molecule has 2 aromatic carbocycles. The normalized spacial score (nSPS) is 12.0. The van der Waals surface area contributed by atoms with Crippen LogP contribution in [0, 0.1) is 0 Å². The van der Waals surface area contributed by atoms with E-state index in [9.17, 15) is 5.11 Å². The summed E-state index contributed by atoms with van der Waals surface area (Å²) in [7, 11) is 1.62. The summed E-state index contributed by atoms with van der Waals surface area (Å²) in [4.78, 5) is 4.39. The highest BCUT2D eigenvalue weighted by Crippen LogP contribution is 2.20. The van der Waals surface area contributed by atoms with Gasteiger partial charge in [-0.15, -0.1) is 0 Å². The SMILES string of the molecule is COc1ccc(OC[C@H](O)Cn2cnc(-c3ccc(Br)cc3)c2)cc1. The van der Waals surface area contributed by atoms with Gasteiger partial charge in [0.15, 0.2) is 0 Å². The molecule has 3 rings (SSSR count). The van der Waals surface area contributed by atoms with Crippen molar-refractivity contribution in [1.82, 2.24) is 9.55 Å². The van der Waals surface area contributed by atoms with Gasteiger partial charge in [0, 0.05) is 16.2 Å². The molecule has 0 aliphatic carbocycles. The summed E-state index contributed by atoms with van der Waals surface area (Å²) >= 11 is 3.42. The summed E-state index contributed by atoms with van der Waals surface area (Å²) < 4.78 is 13.6. The van der Waals surface area contributed by atoms with Crippen molar-refractivity contribution in [2.75, 3.05) is 13.7 Å². The number of aromatic nitrogens is 2. The van der Waals surface area contributed by atoms with E-state index >= 15 is 0 Å². The van der Waals surface area contributed by atoms with Crippen LogP contribution >= 0.6 is 15.9 Å². The molecule has 1 N–H and O–H groups in total. The lowest BCUT2D eigenvalue weighted by Gasteiger charge is -2.13. The lowest BCUT2D eigenvalue weighted by atomic mass is 10.2. The van der Waals surface area contributed by atoms with Crippen molar-refractivity contribution < 1.29 is 14.6 Å².